The molecule has 22 heavy (non-hydrogen) atoms. The number of nitriles is 1. The Morgan fingerprint density at radius 3 is 2.45 bits per heavy atom. The van der Waals surface area contributed by atoms with E-state index in [1.54, 1.807) is 13.0 Å². The van der Waals surface area contributed by atoms with E-state index >= 15 is 0 Å². The third-order valence-electron chi connectivity index (χ3n) is 3.54. The molecule has 0 N–H and O–H groups in total. The first-order valence-electron chi connectivity index (χ1n) is 7.05. The lowest BCUT2D eigenvalue weighted by Gasteiger charge is -2.26. The molecule has 1 rings (SSSR count). The van der Waals surface area contributed by atoms with Crippen molar-refractivity contribution >= 4 is 15.5 Å². The van der Waals surface area contributed by atoms with E-state index in [-0.39, 0.29) is 0 Å². The SMILES string of the molecule is CCON=C1CCC(C(C#N)S(=O)(=O)CCC(F)(F)F)CC1. The van der Waals surface area contributed by atoms with Crippen LogP contribution >= 0.6 is 0 Å². The Kier molecular flexibility index (Phi) is 6.66. The van der Waals surface area contributed by atoms with E-state index < -0.39 is 39.4 Å². The van der Waals surface area contributed by atoms with Crippen molar-refractivity contribution in [3.05, 3.63) is 0 Å². The van der Waals surface area contributed by atoms with Crippen molar-refractivity contribution in [2.75, 3.05) is 12.4 Å². The largest absolute Gasteiger partial charge is 0.396 e. The summed E-state index contributed by atoms with van der Waals surface area (Å²) >= 11 is 0. The summed E-state index contributed by atoms with van der Waals surface area (Å²) in [5, 5.41) is 11.6. The molecule has 0 bridgehead atoms. The van der Waals surface area contributed by atoms with Gasteiger partial charge in [0.15, 0.2) is 15.1 Å². The summed E-state index contributed by atoms with van der Waals surface area (Å²) in [7, 11) is -4.09. The van der Waals surface area contributed by atoms with E-state index in [0.29, 0.717) is 32.3 Å². The fraction of sp³-hybridized carbons (Fsp3) is 0.846. The molecule has 0 aromatic carbocycles. The van der Waals surface area contributed by atoms with Crippen molar-refractivity contribution < 1.29 is 26.4 Å². The van der Waals surface area contributed by atoms with Gasteiger partial charge < -0.3 is 4.84 Å². The number of hydrogen-bond acceptors (Lipinski definition) is 5. The number of oxime groups is 1. The molecule has 0 aromatic rings. The van der Waals surface area contributed by atoms with Crippen LogP contribution in [0.2, 0.25) is 0 Å². The van der Waals surface area contributed by atoms with Gasteiger partial charge in [0.25, 0.3) is 0 Å². The molecule has 0 aromatic heterocycles. The van der Waals surface area contributed by atoms with Crippen LogP contribution in [0.3, 0.4) is 0 Å². The number of rotatable bonds is 6. The minimum Gasteiger partial charge on any atom is -0.396 e. The van der Waals surface area contributed by atoms with Crippen LogP contribution in [0.4, 0.5) is 13.2 Å². The van der Waals surface area contributed by atoms with Crippen LogP contribution in [-0.4, -0.2) is 37.9 Å². The summed E-state index contributed by atoms with van der Waals surface area (Å²) in [6.07, 6.45) is -4.14. The van der Waals surface area contributed by atoms with Gasteiger partial charge in [-0.1, -0.05) is 5.16 Å². The van der Waals surface area contributed by atoms with Gasteiger partial charge in [-0.3, -0.25) is 0 Å². The fourth-order valence-corrected chi connectivity index (χ4v) is 4.18. The van der Waals surface area contributed by atoms with Crippen LogP contribution in [0.5, 0.6) is 0 Å². The summed E-state index contributed by atoms with van der Waals surface area (Å²) in [6.45, 7) is 2.22. The topological polar surface area (TPSA) is 79.5 Å². The van der Waals surface area contributed by atoms with Crippen molar-refractivity contribution in [2.24, 2.45) is 11.1 Å². The Morgan fingerprint density at radius 1 is 1.41 bits per heavy atom. The van der Waals surface area contributed by atoms with Crippen molar-refractivity contribution in [3.8, 4) is 6.07 Å². The standard InChI is InChI=1S/C13H19F3N2O3S/c1-2-21-18-11-5-3-10(4-6-11)12(9-17)22(19,20)8-7-13(14,15)16/h10,12H,2-8H2,1H3. The molecule has 1 unspecified atom stereocenters. The van der Waals surface area contributed by atoms with E-state index in [1.807, 2.05) is 0 Å². The monoisotopic (exact) mass is 340 g/mol. The maximum absolute atomic E-state index is 12.2. The number of nitrogens with zero attached hydrogens (tertiary/aromatic N) is 2. The third-order valence-corrected chi connectivity index (χ3v) is 5.58. The van der Waals surface area contributed by atoms with Gasteiger partial charge in [0.1, 0.15) is 6.61 Å². The lowest BCUT2D eigenvalue weighted by atomic mass is 9.86. The van der Waals surface area contributed by atoms with Gasteiger partial charge in [-0.05, 0) is 38.5 Å². The zero-order valence-corrected chi connectivity index (χ0v) is 13.1. The Bertz CT molecular complexity index is 528. The lowest BCUT2D eigenvalue weighted by Crippen LogP contribution is -2.34. The normalized spacial score (nSPS) is 21.0. The number of hydrogen-bond donors (Lipinski definition) is 0. The second-order valence-electron chi connectivity index (χ2n) is 5.19. The molecule has 5 nitrogen and oxygen atoms in total. The Balaban J connectivity index is 2.68. The van der Waals surface area contributed by atoms with Crippen LogP contribution < -0.4 is 0 Å². The van der Waals surface area contributed by atoms with Crippen LogP contribution in [0.1, 0.15) is 39.0 Å². The van der Waals surface area contributed by atoms with E-state index in [9.17, 15) is 21.6 Å². The fourth-order valence-electron chi connectivity index (χ4n) is 2.39. The first kappa shape index (κ1) is 18.7. The maximum atomic E-state index is 12.2. The van der Waals surface area contributed by atoms with E-state index in [1.165, 1.54) is 0 Å². The maximum Gasteiger partial charge on any atom is 0.390 e. The van der Waals surface area contributed by atoms with Gasteiger partial charge in [-0.25, -0.2) is 8.42 Å². The predicted molar refractivity (Wildman–Crippen MR) is 74.9 cm³/mol. The van der Waals surface area contributed by atoms with Gasteiger partial charge in [-0.2, -0.15) is 18.4 Å². The van der Waals surface area contributed by atoms with Crippen molar-refractivity contribution in [1.29, 1.82) is 5.26 Å². The van der Waals surface area contributed by atoms with Crippen LogP contribution in [0.25, 0.3) is 0 Å². The summed E-state index contributed by atoms with van der Waals surface area (Å²) in [5.41, 5.74) is 0.794. The smallest absolute Gasteiger partial charge is 0.390 e. The van der Waals surface area contributed by atoms with Gasteiger partial charge in [0, 0.05) is 0 Å². The Hall–Kier alpha value is -1.30. The molecule has 1 aliphatic carbocycles. The molecule has 0 radical (unpaired) electrons. The highest BCUT2D eigenvalue weighted by Crippen LogP contribution is 2.30. The summed E-state index contributed by atoms with van der Waals surface area (Å²) in [4.78, 5) is 4.92. The number of halogens is 3. The molecule has 1 fully saturated rings. The number of alkyl halides is 3. The Labute approximate surface area is 128 Å². The average Bonchev–Trinajstić information content (AvgIpc) is 2.44. The lowest BCUT2D eigenvalue weighted by molar-refractivity contribution is -0.129. The number of sulfone groups is 1. The van der Waals surface area contributed by atoms with Gasteiger partial charge in [0.2, 0.25) is 0 Å². The second-order valence-corrected chi connectivity index (χ2v) is 7.44. The molecule has 1 aliphatic rings. The highest BCUT2D eigenvalue weighted by molar-refractivity contribution is 7.92. The van der Waals surface area contributed by atoms with Crippen molar-refractivity contribution in [1.82, 2.24) is 0 Å². The molecule has 126 valence electrons. The van der Waals surface area contributed by atoms with Crippen molar-refractivity contribution in [2.45, 2.75) is 50.5 Å². The first-order chi connectivity index (χ1) is 10.2. The zero-order chi connectivity index (χ0) is 16.8. The quantitative estimate of drug-likeness (QED) is 0.697. The molecule has 1 atom stereocenters. The van der Waals surface area contributed by atoms with E-state index in [0.717, 1.165) is 5.71 Å². The second kappa shape index (κ2) is 7.81. The minimum atomic E-state index is -4.54. The molecule has 0 heterocycles. The van der Waals surface area contributed by atoms with Crippen LogP contribution in [0.15, 0.2) is 5.16 Å². The van der Waals surface area contributed by atoms with Gasteiger partial charge >= 0.3 is 6.18 Å². The summed E-state index contributed by atoms with van der Waals surface area (Å²) in [5.74, 6) is -1.49. The van der Waals surface area contributed by atoms with Crippen LogP contribution in [-0.2, 0) is 14.7 Å². The predicted octanol–water partition coefficient (Wildman–Crippen LogP) is 2.83. The molecule has 0 spiro atoms. The summed E-state index contributed by atoms with van der Waals surface area (Å²) < 4.78 is 60.5. The van der Waals surface area contributed by atoms with E-state index in [2.05, 4.69) is 5.16 Å². The van der Waals surface area contributed by atoms with Crippen LogP contribution in [0, 0.1) is 17.2 Å². The zero-order valence-electron chi connectivity index (χ0n) is 12.3. The highest BCUT2D eigenvalue weighted by atomic mass is 32.2. The average molecular weight is 340 g/mol. The van der Waals surface area contributed by atoms with Crippen molar-refractivity contribution in [3.63, 3.8) is 0 Å². The third kappa shape index (κ3) is 5.83. The molecular formula is C13H19F3N2O3S. The molecule has 0 aliphatic heterocycles. The molecule has 0 saturated heterocycles. The van der Waals surface area contributed by atoms with Gasteiger partial charge in [0.05, 0.1) is 24.0 Å². The van der Waals surface area contributed by atoms with Gasteiger partial charge in [-0.15, -0.1) is 0 Å². The Morgan fingerprint density at radius 2 is 2.00 bits per heavy atom. The summed E-state index contributed by atoms with van der Waals surface area (Å²) in [6, 6.07) is 1.68. The van der Waals surface area contributed by atoms with E-state index in [4.69, 9.17) is 10.1 Å². The highest BCUT2D eigenvalue weighted by Gasteiger charge is 2.38. The first-order valence-corrected chi connectivity index (χ1v) is 8.76. The molecule has 9 heteroatoms. The molecule has 1 saturated carbocycles. The minimum absolute atomic E-state index is 0.412. The molecule has 0 amide bonds. The molecular weight excluding hydrogens is 321 g/mol.